The summed E-state index contributed by atoms with van der Waals surface area (Å²) in [6.45, 7) is 2.24. The van der Waals surface area contributed by atoms with Crippen LogP contribution in [0.2, 0.25) is 0 Å². The second kappa shape index (κ2) is 6.15. The molecule has 0 radical (unpaired) electrons. The predicted molar refractivity (Wildman–Crippen MR) is 44.1 cm³/mol. The van der Waals surface area contributed by atoms with E-state index in [4.69, 9.17) is 10.5 Å². The Hall–Kier alpha value is -1.58. The minimum Gasteiger partial charge on any atom is -0.501 e. The average molecular weight is 169 g/mol. The van der Waals surface area contributed by atoms with E-state index in [9.17, 15) is 9.59 Å². The van der Waals surface area contributed by atoms with E-state index >= 15 is 0 Å². The number of rotatable bonds is 5. The van der Waals surface area contributed by atoms with Crippen molar-refractivity contribution in [1.82, 2.24) is 0 Å². The van der Waals surface area contributed by atoms with Gasteiger partial charge in [0.05, 0.1) is 12.9 Å². The van der Waals surface area contributed by atoms with Crippen LogP contribution >= 0.6 is 0 Å². The van der Waals surface area contributed by atoms with Gasteiger partial charge in [0, 0.05) is 12.2 Å². The van der Waals surface area contributed by atoms with Crippen molar-refractivity contribution < 1.29 is 14.3 Å². The summed E-state index contributed by atoms with van der Waals surface area (Å²) in [4.78, 5) is 21.5. The standard InChI is InChI=1S/C8H11NO3/c1-2-12-6-4-8(11)7(10)3-5-9/h3-6H,2,9H2,1H3/b5-3-,6-4+. The largest absolute Gasteiger partial charge is 0.501 e. The summed E-state index contributed by atoms with van der Waals surface area (Å²) in [6.07, 6.45) is 4.27. The van der Waals surface area contributed by atoms with Crippen LogP contribution in [0.5, 0.6) is 0 Å². The van der Waals surface area contributed by atoms with Gasteiger partial charge in [-0.3, -0.25) is 9.59 Å². The molecule has 0 atom stereocenters. The number of ether oxygens (including phenoxy) is 1. The maximum absolute atomic E-state index is 10.8. The summed E-state index contributed by atoms with van der Waals surface area (Å²) in [5.41, 5.74) is 4.91. The zero-order chi connectivity index (χ0) is 9.40. The Bertz CT molecular complexity index is 218. The van der Waals surface area contributed by atoms with Crippen molar-refractivity contribution in [2.75, 3.05) is 6.61 Å². The van der Waals surface area contributed by atoms with Crippen LogP contribution in [0.4, 0.5) is 0 Å². The van der Waals surface area contributed by atoms with Crippen LogP contribution in [0.15, 0.2) is 24.6 Å². The molecule has 0 spiro atoms. The number of hydrogen-bond acceptors (Lipinski definition) is 4. The molecule has 0 saturated heterocycles. The van der Waals surface area contributed by atoms with Crippen molar-refractivity contribution >= 4 is 11.6 Å². The molecule has 4 heteroatoms. The highest BCUT2D eigenvalue weighted by Gasteiger charge is 2.04. The molecule has 0 aromatic heterocycles. The highest BCUT2D eigenvalue weighted by atomic mass is 16.5. The normalized spacial score (nSPS) is 10.8. The molecule has 66 valence electrons. The molecule has 0 amide bonds. The topological polar surface area (TPSA) is 69.4 Å². The number of hydrogen-bond donors (Lipinski definition) is 1. The van der Waals surface area contributed by atoms with Crippen molar-refractivity contribution in [2.24, 2.45) is 5.73 Å². The molecule has 2 N–H and O–H groups in total. The zero-order valence-electron chi connectivity index (χ0n) is 6.82. The maximum Gasteiger partial charge on any atom is 0.228 e. The van der Waals surface area contributed by atoms with E-state index in [-0.39, 0.29) is 0 Å². The summed E-state index contributed by atoms with van der Waals surface area (Å²) < 4.78 is 4.72. The van der Waals surface area contributed by atoms with Crippen LogP contribution in [0.3, 0.4) is 0 Å². The van der Waals surface area contributed by atoms with Crippen molar-refractivity contribution in [3.8, 4) is 0 Å². The Balaban J connectivity index is 3.95. The average Bonchev–Trinajstić information content (AvgIpc) is 2.05. The van der Waals surface area contributed by atoms with Crippen LogP contribution < -0.4 is 5.73 Å². The van der Waals surface area contributed by atoms with Gasteiger partial charge in [-0.1, -0.05) is 0 Å². The number of nitrogens with two attached hydrogens (primary N) is 1. The van der Waals surface area contributed by atoms with Gasteiger partial charge in [-0.2, -0.15) is 0 Å². The molecule has 0 heterocycles. The van der Waals surface area contributed by atoms with Crippen molar-refractivity contribution in [1.29, 1.82) is 0 Å². The summed E-state index contributed by atoms with van der Waals surface area (Å²) >= 11 is 0. The fraction of sp³-hybridized carbons (Fsp3) is 0.250. The van der Waals surface area contributed by atoms with E-state index in [2.05, 4.69) is 0 Å². The smallest absolute Gasteiger partial charge is 0.228 e. The van der Waals surface area contributed by atoms with Gasteiger partial charge in [0.2, 0.25) is 11.6 Å². The van der Waals surface area contributed by atoms with E-state index in [0.29, 0.717) is 6.61 Å². The lowest BCUT2D eigenvalue weighted by atomic mass is 10.2. The third kappa shape index (κ3) is 4.27. The fourth-order valence-corrected chi connectivity index (χ4v) is 0.458. The van der Waals surface area contributed by atoms with Crippen LogP contribution in [0, 0.1) is 0 Å². The van der Waals surface area contributed by atoms with Gasteiger partial charge in [0.1, 0.15) is 0 Å². The maximum atomic E-state index is 10.8. The highest BCUT2D eigenvalue weighted by Crippen LogP contribution is 1.83. The third-order valence-corrected chi connectivity index (χ3v) is 0.973. The van der Waals surface area contributed by atoms with Crippen molar-refractivity contribution in [3.63, 3.8) is 0 Å². The molecule has 4 nitrogen and oxygen atoms in total. The number of carbonyl (C=O) groups is 2. The summed E-state index contributed by atoms with van der Waals surface area (Å²) in [5, 5.41) is 0. The van der Waals surface area contributed by atoms with Crippen molar-refractivity contribution in [3.05, 3.63) is 24.6 Å². The van der Waals surface area contributed by atoms with Crippen LogP contribution in [-0.2, 0) is 14.3 Å². The van der Waals surface area contributed by atoms with E-state index in [0.717, 1.165) is 18.4 Å². The number of carbonyl (C=O) groups excluding carboxylic acids is 2. The highest BCUT2D eigenvalue weighted by molar-refractivity contribution is 6.45. The van der Waals surface area contributed by atoms with Crippen molar-refractivity contribution in [2.45, 2.75) is 6.92 Å². The molecule has 0 aliphatic carbocycles. The summed E-state index contributed by atoms with van der Waals surface area (Å²) in [6, 6.07) is 0. The molecule has 0 saturated carbocycles. The van der Waals surface area contributed by atoms with E-state index < -0.39 is 11.6 Å². The summed E-state index contributed by atoms with van der Waals surface area (Å²) in [7, 11) is 0. The van der Waals surface area contributed by atoms with Gasteiger partial charge in [-0.25, -0.2) is 0 Å². The molecule has 0 aromatic carbocycles. The predicted octanol–water partition coefficient (Wildman–Crippen LogP) is 0.147. The first kappa shape index (κ1) is 10.4. The van der Waals surface area contributed by atoms with Crippen LogP contribution in [0.25, 0.3) is 0 Å². The second-order valence-electron chi connectivity index (χ2n) is 1.85. The molecule has 0 fully saturated rings. The zero-order valence-corrected chi connectivity index (χ0v) is 6.82. The Kier molecular flexibility index (Phi) is 5.34. The van der Waals surface area contributed by atoms with Gasteiger partial charge in [-0.15, -0.1) is 0 Å². The molecular formula is C8H11NO3. The van der Waals surface area contributed by atoms with E-state index in [1.807, 2.05) is 0 Å². The molecule has 0 rings (SSSR count). The lowest BCUT2D eigenvalue weighted by Crippen LogP contribution is -2.07. The Morgan fingerprint density at radius 3 is 2.42 bits per heavy atom. The molecule has 0 unspecified atom stereocenters. The number of ketones is 2. The van der Waals surface area contributed by atoms with E-state index in [1.54, 1.807) is 6.92 Å². The fourth-order valence-electron chi connectivity index (χ4n) is 0.458. The molecule has 0 aromatic rings. The van der Waals surface area contributed by atoms with Gasteiger partial charge in [0.25, 0.3) is 0 Å². The SMILES string of the molecule is CCO/C=C/C(=O)C(=O)/C=C\N. The first-order valence-electron chi connectivity index (χ1n) is 3.47. The van der Waals surface area contributed by atoms with Crippen LogP contribution in [0.1, 0.15) is 6.92 Å². The van der Waals surface area contributed by atoms with Gasteiger partial charge >= 0.3 is 0 Å². The van der Waals surface area contributed by atoms with Gasteiger partial charge in [0.15, 0.2) is 0 Å². The lowest BCUT2D eigenvalue weighted by molar-refractivity contribution is -0.131. The van der Waals surface area contributed by atoms with Gasteiger partial charge in [-0.05, 0) is 13.1 Å². The second-order valence-corrected chi connectivity index (χ2v) is 1.85. The van der Waals surface area contributed by atoms with Crippen LogP contribution in [-0.4, -0.2) is 18.2 Å². The van der Waals surface area contributed by atoms with E-state index in [1.165, 1.54) is 6.26 Å². The van der Waals surface area contributed by atoms with Gasteiger partial charge < -0.3 is 10.5 Å². The molecule has 0 aliphatic heterocycles. The summed E-state index contributed by atoms with van der Waals surface area (Å²) in [5.74, 6) is -1.31. The monoisotopic (exact) mass is 169 g/mol. The third-order valence-electron chi connectivity index (χ3n) is 0.973. The molecular weight excluding hydrogens is 158 g/mol. The Labute approximate surface area is 70.7 Å². The Morgan fingerprint density at radius 1 is 1.33 bits per heavy atom. The minimum atomic E-state index is -0.659. The Morgan fingerprint density at radius 2 is 1.92 bits per heavy atom. The molecule has 0 aliphatic rings. The first-order valence-corrected chi connectivity index (χ1v) is 3.47. The minimum absolute atomic E-state index is 0.463. The quantitative estimate of drug-likeness (QED) is 0.361. The first-order chi connectivity index (χ1) is 5.72. The lowest BCUT2D eigenvalue weighted by Gasteiger charge is -1.90. The molecule has 12 heavy (non-hydrogen) atoms. The number of allylic oxidation sites excluding steroid dienone is 2. The molecule has 0 bridgehead atoms.